The number of hydroxylamine groups is 2. The van der Waals surface area contributed by atoms with Crippen molar-refractivity contribution in [1.29, 1.82) is 0 Å². The van der Waals surface area contributed by atoms with Gasteiger partial charge in [0.05, 0.1) is 6.61 Å². The topological polar surface area (TPSA) is 131 Å². The summed E-state index contributed by atoms with van der Waals surface area (Å²) in [6.45, 7) is -0.148. The van der Waals surface area contributed by atoms with Gasteiger partial charge in [-0.2, -0.15) is 5.06 Å². The number of nitrogens with zero attached hydrogens (tertiary/aromatic N) is 2. The van der Waals surface area contributed by atoms with Crippen LogP contribution in [0.1, 0.15) is 6.42 Å². The lowest BCUT2D eigenvalue weighted by Gasteiger charge is -2.39. The van der Waals surface area contributed by atoms with E-state index in [4.69, 9.17) is 32.8 Å². The van der Waals surface area contributed by atoms with Gasteiger partial charge in [0, 0.05) is 31.3 Å². The van der Waals surface area contributed by atoms with Crippen molar-refractivity contribution in [3.63, 3.8) is 0 Å². The number of carbonyl (C=O) groups excluding carboxylic acids is 1. The fourth-order valence-electron chi connectivity index (χ4n) is 1.86. The molecule has 4 N–H and O–H groups in total. The number of urea groups is 1. The van der Waals surface area contributed by atoms with Crippen LogP contribution in [0.25, 0.3) is 0 Å². The van der Waals surface area contributed by atoms with Crippen LogP contribution in [0.3, 0.4) is 0 Å². The van der Waals surface area contributed by atoms with E-state index in [2.05, 4.69) is 5.09 Å². The molecule has 0 aromatic heterocycles. The summed E-state index contributed by atoms with van der Waals surface area (Å²) >= 11 is 11.3. The monoisotopic (exact) mass is 392 g/mol. The fraction of sp³-hybridized carbons (Fsp3) is 0.800. The highest BCUT2D eigenvalue weighted by Gasteiger charge is 2.40. The highest BCUT2D eigenvalue weighted by Crippen LogP contribution is 2.49. The van der Waals surface area contributed by atoms with Crippen molar-refractivity contribution in [2.75, 3.05) is 38.0 Å². The maximum absolute atomic E-state index is 12.8. The second kappa shape index (κ2) is 9.63. The molecular formula is C10H19Cl2N4O6P. The summed E-state index contributed by atoms with van der Waals surface area (Å²) in [5.41, 5.74) is 0. The Morgan fingerprint density at radius 3 is 2.48 bits per heavy atom. The highest BCUT2D eigenvalue weighted by atomic mass is 35.5. The van der Waals surface area contributed by atoms with Gasteiger partial charge in [-0.05, 0) is 0 Å². The number of carbonyl (C=O) groups is 2. The minimum absolute atomic E-state index is 0.0271. The molecule has 0 bridgehead atoms. The van der Waals surface area contributed by atoms with E-state index in [-0.39, 0.29) is 42.9 Å². The average molecular weight is 393 g/mol. The van der Waals surface area contributed by atoms with Crippen LogP contribution in [0.15, 0.2) is 0 Å². The average Bonchev–Trinajstić information content (AvgIpc) is 2.51. The molecule has 1 heterocycles. The van der Waals surface area contributed by atoms with Crippen molar-refractivity contribution >= 4 is 42.9 Å². The lowest BCUT2D eigenvalue weighted by molar-refractivity contribution is -0.136. The highest BCUT2D eigenvalue weighted by molar-refractivity contribution is 7.54. The Labute approximate surface area is 143 Å². The SMILES string of the molecule is O=C(O)CNC(=O)N(O)C1CCOP(=O)(N(CCCl)CCCl)N1. The molecule has 0 aliphatic carbocycles. The van der Waals surface area contributed by atoms with E-state index in [0.29, 0.717) is 0 Å². The quantitative estimate of drug-likeness (QED) is 0.205. The lowest BCUT2D eigenvalue weighted by Crippen LogP contribution is -2.54. The first kappa shape index (κ1) is 20.4. The van der Waals surface area contributed by atoms with Crippen molar-refractivity contribution in [3.05, 3.63) is 0 Å². The number of hydrogen-bond donors (Lipinski definition) is 4. The van der Waals surface area contributed by atoms with Gasteiger partial charge in [-0.3, -0.25) is 14.6 Å². The minimum Gasteiger partial charge on any atom is -0.480 e. The normalized spacial score (nSPS) is 24.4. The lowest BCUT2D eigenvalue weighted by atomic mass is 10.3. The Balaban J connectivity index is 2.73. The number of aliphatic carboxylic acids is 1. The first-order valence-electron chi connectivity index (χ1n) is 6.71. The van der Waals surface area contributed by atoms with E-state index in [1.807, 2.05) is 5.32 Å². The molecule has 1 saturated heterocycles. The summed E-state index contributed by atoms with van der Waals surface area (Å²) in [4.78, 5) is 22.1. The van der Waals surface area contributed by atoms with Crippen molar-refractivity contribution in [3.8, 4) is 0 Å². The van der Waals surface area contributed by atoms with Gasteiger partial charge in [0.25, 0.3) is 0 Å². The van der Waals surface area contributed by atoms with Crippen LogP contribution in [0.5, 0.6) is 0 Å². The molecule has 1 aliphatic heterocycles. The Morgan fingerprint density at radius 1 is 1.35 bits per heavy atom. The third-order valence-electron chi connectivity index (χ3n) is 2.92. The van der Waals surface area contributed by atoms with Gasteiger partial charge in [-0.25, -0.2) is 14.6 Å². The van der Waals surface area contributed by atoms with Crippen LogP contribution in [0.2, 0.25) is 0 Å². The molecule has 0 spiro atoms. The molecular weight excluding hydrogens is 374 g/mol. The van der Waals surface area contributed by atoms with Gasteiger partial charge in [0.2, 0.25) is 0 Å². The molecule has 13 heteroatoms. The molecule has 0 aromatic rings. The van der Waals surface area contributed by atoms with E-state index < -0.39 is 32.4 Å². The molecule has 0 saturated carbocycles. The standard InChI is InChI=1S/C10H19Cl2N4O6P/c11-2-4-15(5-3-12)23(21)14-8(1-6-22-23)16(20)10(19)13-7-9(17)18/h8,20H,1-7H2,(H,13,19)(H,14,21)(H,17,18). The molecule has 0 radical (unpaired) electrons. The summed E-state index contributed by atoms with van der Waals surface area (Å²) in [5, 5.41) is 23.2. The predicted molar refractivity (Wildman–Crippen MR) is 82.8 cm³/mol. The van der Waals surface area contributed by atoms with E-state index in [1.165, 1.54) is 4.67 Å². The van der Waals surface area contributed by atoms with Gasteiger partial charge in [-0.1, -0.05) is 0 Å². The van der Waals surface area contributed by atoms with E-state index in [9.17, 15) is 19.4 Å². The first-order valence-corrected chi connectivity index (χ1v) is 9.36. The summed E-state index contributed by atoms with van der Waals surface area (Å²) in [6.07, 6.45) is -0.840. The van der Waals surface area contributed by atoms with E-state index in [0.717, 1.165) is 0 Å². The maximum atomic E-state index is 12.8. The molecule has 1 fully saturated rings. The van der Waals surface area contributed by atoms with Crippen LogP contribution >= 0.6 is 30.9 Å². The zero-order chi connectivity index (χ0) is 17.5. The summed E-state index contributed by atoms with van der Waals surface area (Å²) < 4.78 is 19.5. The maximum Gasteiger partial charge on any atom is 0.345 e. The van der Waals surface area contributed by atoms with Crippen molar-refractivity contribution in [1.82, 2.24) is 20.1 Å². The van der Waals surface area contributed by atoms with Crippen LogP contribution in [0.4, 0.5) is 4.79 Å². The van der Waals surface area contributed by atoms with Gasteiger partial charge in [0.1, 0.15) is 12.7 Å². The van der Waals surface area contributed by atoms with E-state index >= 15 is 0 Å². The number of rotatable bonds is 8. The predicted octanol–water partition coefficient (Wildman–Crippen LogP) is 0.696. The second-order valence-corrected chi connectivity index (χ2v) is 7.39. The number of halogens is 2. The third kappa shape index (κ3) is 6.07. The van der Waals surface area contributed by atoms with Gasteiger partial charge in [0.15, 0.2) is 0 Å². The number of carboxylic acids is 1. The van der Waals surface area contributed by atoms with Crippen LogP contribution in [-0.4, -0.2) is 76.2 Å². The molecule has 10 nitrogen and oxygen atoms in total. The zero-order valence-corrected chi connectivity index (χ0v) is 14.6. The van der Waals surface area contributed by atoms with Crippen molar-refractivity contribution in [2.24, 2.45) is 0 Å². The molecule has 134 valence electrons. The van der Waals surface area contributed by atoms with Crippen molar-refractivity contribution in [2.45, 2.75) is 12.6 Å². The number of carboxylic acid groups (broad SMARTS) is 1. The van der Waals surface area contributed by atoms with Crippen LogP contribution < -0.4 is 10.4 Å². The second-order valence-electron chi connectivity index (χ2n) is 4.52. The number of nitrogens with one attached hydrogen (secondary N) is 2. The summed E-state index contributed by atoms with van der Waals surface area (Å²) in [7, 11) is -3.53. The summed E-state index contributed by atoms with van der Waals surface area (Å²) in [6, 6.07) is -1.03. The Kier molecular flexibility index (Phi) is 8.56. The van der Waals surface area contributed by atoms with Crippen molar-refractivity contribution < 1.29 is 29.0 Å². The van der Waals surface area contributed by atoms with Gasteiger partial charge in [-0.15, -0.1) is 23.2 Å². The van der Waals surface area contributed by atoms with Gasteiger partial charge < -0.3 is 14.9 Å². The molecule has 1 aliphatic rings. The Hall–Kier alpha value is -0.610. The Morgan fingerprint density at radius 2 is 1.96 bits per heavy atom. The summed E-state index contributed by atoms with van der Waals surface area (Å²) in [5.74, 6) is -0.871. The van der Waals surface area contributed by atoms with Crippen LogP contribution in [0, 0.1) is 0 Å². The third-order valence-corrected chi connectivity index (χ3v) is 5.56. The van der Waals surface area contributed by atoms with Gasteiger partial charge >= 0.3 is 19.7 Å². The minimum atomic E-state index is -3.53. The molecule has 2 atom stereocenters. The first-order chi connectivity index (χ1) is 10.8. The molecule has 0 aromatic carbocycles. The van der Waals surface area contributed by atoms with E-state index in [1.54, 1.807) is 0 Å². The molecule has 23 heavy (non-hydrogen) atoms. The van der Waals surface area contributed by atoms with Crippen LogP contribution in [-0.2, 0) is 13.9 Å². The fourth-order valence-corrected chi connectivity index (χ4v) is 4.60. The zero-order valence-electron chi connectivity index (χ0n) is 12.2. The molecule has 2 amide bonds. The number of amides is 2. The molecule has 2 unspecified atom stereocenters. The number of alkyl halides is 2. The number of hydrogen-bond acceptors (Lipinski definition) is 5. The smallest absolute Gasteiger partial charge is 0.345 e. The molecule has 1 rings (SSSR count). The Bertz CT molecular complexity index is 465. The largest absolute Gasteiger partial charge is 0.480 e.